The first-order valence-electron chi connectivity index (χ1n) is 12.9. The maximum Gasteiger partial charge on any atom is 0.337 e. The zero-order valence-electron chi connectivity index (χ0n) is 22.8. The second-order valence-corrected chi connectivity index (χ2v) is 9.29. The predicted molar refractivity (Wildman–Crippen MR) is 137 cm³/mol. The van der Waals surface area contributed by atoms with E-state index in [9.17, 15) is 40.2 Å². The molecule has 2 heterocycles. The molecule has 1 saturated heterocycles. The molecule has 228 valence electrons. The van der Waals surface area contributed by atoms with Gasteiger partial charge in [-0.05, 0) is 31.5 Å². The first-order valence-corrected chi connectivity index (χ1v) is 12.9. The number of benzene rings is 1. The number of carbonyl (C=O) groups excluding carboxylic acids is 2. The molecular weight excluding hydrogens is 548 g/mol. The molecule has 0 bridgehead atoms. The van der Waals surface area contributed by atoms with Gasteiger partial charge in [0, 0.05) is 18.1 Å². The molecule has 41 heavy (non-hydrogen) atoms. The fraction of sp³-hybridized carbons (Fsp3) is 0.556. The Kier molecular flexibility index (Phi) is 11.5. The van der Waals surface area contributed by atoms with Crippen molar-refractivity contribution in [3.63, 3.8) is 0 Å². The number of ether oxygens (including phenoxy) is 6. The van der Waals surface area contributed by atoms with Crippen LogP contribution in [0, 0.1) is 5.92 Å². The molecular formula is C27H36O14. The summed E-state index contributed by atoms with van der Waals surface area (Å²) in [5.41, 5.74) is 0.709. The highest BCUT2D eigenvalue weighted by atomic mass is 16.8. The van der Waals surface area contributed by atoms with E-state index in [4.69, 9.17) is 28.4 Å². The summed E-state index contributed by atoms with van der Waals surface area (Å²) in [5, 5.41) is 59.4. The van der Waals surface area contributed by atoms with Gasteiger partial charge in [-0.2, -0.15) is 0 Å². The smallest absolute Gasteiger partial charge is 0.337 e. The number of aliphatic hydroxyl groups excluding tert-OH is 4. The number of esters is 2. The Morgan fingerprint density at radius 2 is 1.83 bits per heavy atom. The molecule has 6 N–H and O–H groups in total. The van der Waals surface area contributed by atoms with Crippen molar-refractivity contribution in [2.24, 2.45) is 5.92 Å². The van der Waals surface area contributed by atoms with Crippen LogP contribution in [0.3, 0.4) is 0 Å². The Hall–Kier alpha value is -3.24. The van der Waals surface area contributed by atoms with Gasteiger partial charge < -0.3 is 59.1 Å². The summed E-state index contributed by atoms with van der Waals surface area (Å²) in [6.45, 7) is 2.69. The van der Waals surface area contributed by atoms with Crippen molar-refractivity contribution in [1.29, 1.82) is 0 Å². The van der Waals surface area contributed by atoms with Crippen LogP contribution in [0.4, 0.5) is 0 Å². The highest BCUT2D eigenvalue weighted by Crippen LogP contribution is 2.36. The maximum atomic E-state index is 13.0. The maximum absolute atomic E-state index is 13.0. The molecule has 1 aromatic rings. The highest BCUT2D eigenvalue weighted by molar-refractivity contribution is 5.90. The summed E-state index contributed by atoms with van der Waals surface area (Å²) in [5.74, 6) is -3.14. The molecule has 0 saturated carbocycles. The van der Waals surface area contributed by atoms with E-state index in [-0.39, 0.29) is 42.3 Å². The molecule has 14 nitrogen and oxygen atoms in total. The molecule has 0 aliphatic carbocycles. The molecule has 8 atom stereocenters. The van der Waals surface area contributed by atoms with E-state index in [1.165, 1.54) is 24.3 Å². The topological polar surface area (TPSA) is 211 Å². The number of phenolic OH excluding ortho intramolecular Hbond substituents is 2. The molecule has 0 radical (unpaired) electrons. The predicted octanol–water partition coefficient (Wildman–Crippen LogP) is -0.0991. The second-order valence-electron chi connectivity index (χ2n) is 9.29. The molecule has 1 aromatic carbocycles. The van der Waals surface area contributed by atoms with Gasteiger partial charge in [0.15, 0.2) is 17.8 Å². The van der Waals surface area contributed by atoms with Gasteiger partial charge in [0.25, 0.3) is 0 Å². The van der Waals surface area contributed by atoms with Gasteiger partial charge in [-0.25, -0.2) is 4.79 Å². The quantitative estimate of drug-likeness (QED) is 0.114. The number of phenols is 2. The van der Waals surface area contributed by atoms with E-state index in [1.54, 1.807) is 13.8 Å². The average molecular weight is 585 g/mol. The lowest BCUT2D eigenvalue weighted by Crippen LogP contribution is -2.60. The summed E-state index contributed by atoms with van der Waals surface area (Å²) in [6, 6.07) is 4.08. The Balaban J connectivity index is 1.76. The Morgan fingerprint density at radius 3 is 2.44 bits per heavy atom. The molecule has 0 amide bonds. The van der Waals surface area contributed by atoms with Crippen molar-refractivity contribution in [1.82, 2.24) is 0 Å². The number of methoxy groups -OCH3 is 1. The molecule has 0 spiro atoms. The first-order chi connectivity index (χ1) is 19.6. The third-order valence-corrected chi connectivity index (χ3v) is 6.73. The summed E-state index contributed by atoms with van der Waals surface area (Å²) in [4.78, 5) is 25.5. The zero-order valence-corrected chi connectivity index (χ0v) is 22.8. The van der Waals surface area contributed by atoms with Gasteiger partial charge in [0.05, 0.1) is 32.0 Å². The molecule has 0 aromatic heterocycles. The third-order valence-electron chi connectivity index (χ3n) is 6.73. The van der Waals surface area contributed by atoms with Crippen LogP contribution in [-0.2, 0) is 38.0 Å². The van der Waals surface area contributed by atoms with Gasteiger partial charge >= 0.3 is 11.9 Å². The summed E-state index contributed by atoms with van der Waals surface area (Å²) >= 11 is 0. The number of aromatic hydroxyl groups is 2. The Bertz CT molecular complexity index is 1120. The molecule has 2 aliphatic rings. The van der Waals surface area contributed by atoms with E-state index >= 15 is 0 Å². The van der Waals surface area contributed by atoms with Gasteiger partial charge in [-0.1, -0.05) is 12.1 Å². The van der Waals surface area contributed by atoms with Crippen molar-refractivity contribution >= 4 is 11.9 Å². The van der Waals surface area contributed by atoms with E-state index < -0.39 is 67.6 Å². The van der Waals surface area contributed by atoms with Crippen LogP contribution in [0.2, 0.25) is 0 Å². The molecule has 1 unspecified atom stereocenters. The molecule has 14 heteroatoms. The van der Waals surface area contributed by atoms with Gasteiger partial charge in [0.2, 0.25) is 6.29 Å². The molecule has 3 rings (SSSR count). The van der Waals surface area contributed by atoms with Crippen molar-refractivity contribution in [2.75, 3.05) is 26.9 Å². The fourth-order valence-electron chi connectivity index (χ4n) is 4.50. The van der Waals surface area contributed by atoms with Gasteiger partial charge in [-0.3, -0.25) is 4.79 Å². The summed E-state index contributed by atoms with van der Waals surface area (Å²) < 4.78 is 32.6. The van der Waals surface area contributed by atoms with Crippen LogP contribution in [0.15, 0.2) is 41.7 Å². The monoisotopic (exact) mass is 584 g/mol. The van der Waals surface area contributed by atoms with E-state index in [0.717, 1.165) is 13.4 Å². The lowest BCUT2D eigenvalue weighted by molar-refractivity contribution is -0.327. The van der Waals surface area contributed by atoms with Gasteiger partial charge in [0.1, 0.15) is 37.1 Å². The number of hydrogen-bond donors (Lipinski definition) is 6. The molecule has 1 fully saturated rings. The van der Waals surface area contributed by atoms with Crippen molar-refractivity contribution in [3.05, 3.63) is 47.2 Å². The number of rotatable bonds is 11. The van der Waals surface area contributed by atoms with Crippen molar-refractivity contribution < 1.29 is 68.6 Å². The normalized spacial score (nSPS) is 29.8. The van der Waals surface area contributed by atoms with E-state index in [1.807, 2.05) is 0 Å². The Morgan fingerprint density at radius 1 is 1.10 bits per heavy atom. The lowest BCUT2D eigenvalue weighted by atomic mass is 9.86. The fourth-order valence-corrected chi connectivity index (χ4v) is 4.50. The van der Waals surface area contributed by atoms with Crippen molar-refractivity contribution in [2.45, 2.75) is 63.4 Å². The SMILES string of the molecule is C/C=C1/[C@H](O[C@@H]2O[C@H](CO)[C@@H](O)[C@H](O)[C@H]2O)OC=C(C(=O)OC)[C@H]1CC(=O)OCC(OCC)c1ccc(O)c(O)c1. The van der Waals surface area contributed by atoms with Crippen LogP contribution in [0.1, 0.15) is 31.9 Å². The minimum atomic E-state index is -1.71. The Labute approximate surface area is 235 Å². The van der Waals surface area contributed by atoms with Crippen LogP contribution in [-0.4, -0.2) is 107 Å². The van der Waals surface area contributed by atoms with Crippen LogP contribution in [0.25, 0.3) is 0 Å². The average Bonchev–Trinajstić information content (AvgIpc) is 2.96. The summed E-state index contributed by atoms with van der Waals surface area (Å²) in [6.07, 6.45) is -7.60. The summed E-state index contributed by atoms with van der Waals surface area (Å²) in [7, 11) is 1.16. The third kappa shape index (κ3) is 7.54. The highest BCUT2D eigenvalue weighted by Gasteiger charge is 2.47. The minimum Gasteiger partial charge on any atom is -0.504 e. The molecule has 2 aliphatic heterocycles. The number of aliphatic hydroxyl groups is 4. The zero-order chi connectivity index (χ0) is 30.3. The largest absolute Gasteiger partial charge is 0.504 e. The van der Waals surface area contributed by atoms with Crippen LogP contribution in [0.5, 0.6) is 11.5 Å². The van der Waals surface area contributed by atoms with Crippen LogP contribution >= 0.6 is 0 Å². The number of carbonyl (C=O) groups is 2. The standard InChI is InChI=1S/C27H36O14/c1-4-14-15(9-21(31)38-12-20(37-5-2)13-6-7-17(29)18(30)8-13)16(25(35)36-3)11-39-26(14)41-27-24(34)23(33)22(32)19(10-28)40-27/h4,6-8,11,15,19-20,22-24,26-30,32-34H,5,9-10,12H2,1-3H3/b14-4+/t15-,19+,20?,22+,23-,24+,26-,27-/m0/s1. The van der Waals surface area contributed by atoms with Crippen LogP contribution < -0.4 is 0 Å². The first kappa shape index (κ1) is 32.3. The van der Waals surface area contributed by atoms with Gasteiger partial charge in [-0.15, -0.1) is 0 Å². The lowest BCUT2D eigenvalue weighted by Gasteiger charge is -2.41. The van der Waals surface area contributed by atoms with E-state index in [0.29, 0.717) is 5.56 Å². The van der Waals surface area contributed by atoms with Crippen molar-refractivity contribution in [3.8, 4) is 11.5 Å². The van der Waals surface area contributed by atoms with E-state index in [2.05, 4.69) is 0 Å². The minimum absolute atomic E-state index is 0.0176. The number of allylic oxidation sites excluding steroid dienone is 1. The second kappa shape index (κ2) is 14.6. The number of hydrogen-bond acceptors (Lipinski definition) is 14.